The first-order chi connectivity index (χ1) is 25.9. The molecule has 288 valence electrons. The third-order valence-electron chi connectivity index (χ3n) is 9.61. The number of fused-ring (bicyclic) bond motifs is 4. The number of aliphatic hydroxyl groups excluding tert-OH is 1. The van der Waals surface area contributed by atoms with Gasteiger partial charge >= 0.3 is 23.1 Å². The Morgan fingerprint density at radius 1 is 0.772 bits per heavy atom. The van der Waals surface area contributed by atoms with E-state index in [0.29, 0.717) is 57.4 Å². The molecule has 0 saturated carbocycles. The molecule has 6 heterocycles. The van der Waals surface area contributed by atoms with Crippen molar-refractivity contribution >= 4 is 51.1 Å². The van der Waals surface area contributed by atoms with Crippen LogP contribution in [0.3, 0.4) is 0 Å². The molecule has 2 aromatic carbocycles. The van der Waals surface area contributed by atoms with Crippen molar-refractivity contribution in [1.82, 2.24) is 29.1 Å². The molecule has 1 unspecified atom stereocenters. The monoisotopic (exact) mass is 836 g/mol. The van der Waals surface area contributed by atoms with Crippen molar-refractivity contribution in [2.75, 3.05) is 0 Å². The van der Waals surface area contributed by atoms with Crippen LogP contribution in [0.2, 0.25) is 0 Å². The fraction of sp³-hybridized carbons (Fsp3) is 0.289. The van der Waals surface area contributed by atoms with Crippen molar-refractivity contribution in [1.29, 1.82) is 0 Å². The van der Waals surface area contributed by atoms with Crippen LogP contribution in [0.1, 0.15) is 85.6 Å². The summed E-state index contributed by atoms with van der Waals surface area (Å²) < 4.78 is 3.58. The van der Waals surface area contributed by atoms with Crippen molar-refractivity contribution in [3.63, 3.8) is 0 Å². The molecule has 0 spiro atoms. The summed E-state index contributed by atoms with van der Waals surface area (Å²) in [5.74, 6) is 9.73. The maximum atomic E-state index is 12.9. The van der Waals surface area contributed by atoms with Crippen LogP contribution < -0.4 is 28.1 Å². The van der Waals surface area contributed by atoms with E-state index in [4.69, 9.17) is 11.4 Å². The van der Waals surface area contributed by atoms with Crippen LogP contribution in [-0.4, -0.2) is 63.5 Å². The molecule has 0 amide bonds. The number of carbonyl (C=O) groups excluding carboxylic acids is 1. The Kier molecular flexibility index (Phi) is 16.2. The number of benzene rings is 2. The average Bonchev–Trinajstić information content (AvgIpc) is 3.18. The molecule has 4 aromatic heterocycles. The number of halogens is 1. The summed E-state index contributed by atoms with van der Waals surface area (Å²) in [5.41, 5.74) is 3.94. The summed E-state index contributed by atoms with van der Waals surface area (Å²) in [4.78, 5) is 53.4. The molecule has 2 aliphatic heterocycles. The van der Waals surface area contributed by atoms with E-state index in [1.165, 1.54) is 0 Å². The largest absolute Gasteiger partial charge is 2.00 e. The summed E-state index contributed by atoms with van der Waals surface area (Å²) in [5, 5.41) is 11.6. The molecule has 0 radical (unpaired) electrons. The Bertz CT molecular complexity index is 2570. The molecule has 12 heteroatoms. The smallest absolute Gasteiger partial charge is 1.00 e. The van der Waals surface area contributed by atoms with Gasteiger partial charge in [0.05, 0.1) is 21.8 Å². The summed E-state index contributed by atoms with van der Waals surface area (Å²) in [7, 11) is 0. The maximum Gasteiger partial charge on any atom is 2.00 e. The topological polar surface area (TPSA) is 133 Å². The van der Waals surface area contributed by atoms with Gasteiger partial charge in [-0.2, -0.15) is 0 Å². The standard InChI is InChI=1S/C22H21N3O2.C15H16N2O2.C7H5N.CH3.BrH.Mg/c1-22(2)11-10-20-24-18-13-15(6-8-17(18)21(27)25(20)14-22)19(26)9-7-16-5-3-4-12-23-16;1-15(2)6-5-13-16-12-7-10(8-18)3-4-11(12)14(19)17(13)9-15;1-2-7-5-3-4-6-8-7;;;/h3-6,8,12-13,19,26H,10-11,14H2,1-2H3;3-4,7-8H,5-6,9H2,1-2H3;1,3-6H;1H3;1H;/q;;;-1;;+2/p-1. The first-order valence-electron chi connectivity index (χ1n) is 17.9. The van der Waals surface area contributed by atoms with Gasteiger partial charge in [0.1, 0.15) is 35.4 Å². The second-order valence-electron chi connectivity index (χ2n) is 15.1. The van der Waals surface area contributed by atoms with E-state index in [-0.39, 0.29) is 69.4 Å². The van der Waals surface area contributed by atoms with Crippen molar-refractivity contribution in [3.8, 4) is 24.2 Å². The molecular formula is C45H45BrMgN6O4. The minimum atomic E-state index is -0.962. The number of hydrogen-bond donors (Lipinski definition) is 1. The number of aromatic nitrogens is 6. The van der Waals surface area contributed by atoms with Gasteiger partial charge in [-0.05, 0) is 83.7 Å². The third kappa shape index (κ3) is 11.3. The summed E-state index contributed by atoms with van der Waals surface area (Å²) in [6.07, 6.45) is 11.8. The van der Waals surface area contributed by atoms with Gasteiger partial charge in [0.2, 0.25) is 0 Å². The fourth-order valence-corrected chi connectivity index (χ4v) is 6.54. The second kappa shape index (κ2) is 19.9. The zero-order valence-corrected chi connectivity index (χ0v) is 36.0. The molecule has 0 fully saturated rings. The number of aliphatic hydroxyl groups is 1. The van der Waals surface area contributed by atoms with Gasteiger partial charge in [0.15, 0.2) is 0 Å². The number of rotatable bonds is 2. The normalized spacial score (nSPS) is 14.5. The van der Waals surface area contributed by atoms with Gasteiger partial charge in [-0.3, -0.25) is 23.5 Å². The Balaban J connectivity index is 0.000000253. The number of carbonyl (C=O) groups is 1. The number of nitrogens with zero attached hydrogens (tertiary/aromatic N) is 6. The molecule has 0 bridgehead atoms. The van der Waals surface area contributed by atoms with Crippen molar-refractivity contribution in [3.05, 3.63) is 147 Å². The van der Waals surface area contributed by atoms with Gasteiger partial charge in [0.25, 0.3) is 11.1 Å². The van der Waals surface area contributed by atoms with Gasteiger partial charge in [-0.15, -0.1) is 6.42 Å². The number of pyridine rings is 2. The molecule has 57 heavy (non-hydrogen) atoms. The molecule has 10 nitrogen and oxygen atoms in total. The van der Waals surface area contributed by atoms with Gasteiger partial charge < -0.3 is 29.5 Å². The minimum Gasteiger partial charge on any atom is -1.00 e. The Labute approximate surface area is 360 Å². The molecule has 0 saturated heterocycles. The number of aldehydes is 1. The van der Waals surface area contributed by atoms with Crippen LogP contribution in [0.15, 0.2) is 94.8 Å². The van der Waals surface area contributed by atoms with E-state index in [9.17, 15) is 19.5 Å². The Morgan fingerprint density at radius 2 is 1.28 bits per heavy atom. The Hall–Kier alpha value is -4.98. The molecule has 0 aliphatic carbocycles. The maximum absolute atomic E-state index is 12.9. The summed E-state index contributed by atoms with van der Waals surface area (Å²) >= 11 is 0. The number of hydrogen-bond acceptors (Lipinski definition) is 8. The van der Waals surface area contributed by atoms with Gasteiger partial charge in [-0.25, -0.2) is 19.9 Å². The molecule has 1 N–H and O–H groups in total. The zero-order chi connectivity index (χ0) is 38.5. The second-order valence-corrected chi connectivity index (χ2v) is 15.1. The summed E-state index contributed by atoms with van der Waals surface area (Å²) in [6.45, 7) is 10.1. The first kappa shape index (κ1) is 46.4. The van der Waals surface area contributed by atoms with E-state index in [1.54, 1.807) is 70.1 Å². The first-order valence-corrected chi connectivity index (χ1v) is 17.9. The average molecular weight is 838 g/mol. The minimum absolute atomic E-state index is 0. The van der Waals surface area contributed by atoms with E-state index >= 15 is 0 Å². The van der Waals surface area contributed by atoms with Crippen LogP contribution in [0.4, 0.5) is 0 Å². The molecule has 8 rings (SSSR count). The third-order valence-corrected chi connectivity index (χ3v) is 9.61. The number of aryl methyl sites for hydroxylation is 2. The van der Waals surface area contributed by atoms with Crippen LogP contribution in [0.25, 0.3) is 21.8 Å². The Morgan fingerprint density at radius 3 is 1.75 bits per heavy atom. The number of terminal acetylenes is 1. The zero-order valence-electron chi connectivity index (χ0n) is 33.0. The molecule has 2 aliphatic rings. The van der Waals surface area contributed by atoms with Crippen LogP contribution >= 0.6 is 0 Å². The quantitative estimate of drug-likeness (QED) is 0.122. The molecule has 1 atom stereocenters. The van der Waals surface area contributed by atoms with Crippen LogP contribution in [0, 0.1) is 42.4 Å². The van der Waals surface area contributed by atoms with E-state index in [2.05, 4.69) is 60.4 Å². The fourth-order valence-electron chi connectivity index (χ4n) is 6.54. The predicted molar refractivity (Wildman–Crippen MR) is 222 cm³/mol. The molecule has 6 aromatic rings. The van der Waals surface area contributed by atoms with E-state index in [1.807, 2.05) is 24.3 Å². The van der Waals surface area contributed by atoms with Crippen molar-refractivity contribution < 1.29 is 26.9 Å². The van der Waals surface area contributed by atoms with Crippen LogP contribution in [-0.2, 0) is 25.9 Å². The van der Waals surface area contributed by atoms with E-state index in [0.717, 1.165) is 43.6 Å². The van der Waals surface area contributed by atoms with Gasteiger partial charge in [-0.1, -0.05) is 63.8 Å². The van der Waals surface area contributed by atoms with Crippen molar-refractivity contribution in [2.45, 2.75) is 72.6 Å². The van der Waals surface area contributed by atoms with Gasteiger partial charge in [0, 0.05) is 43.9 Å². The van der Waals surface area contributed by atoms with Crippen molar-refractivity contribution in [2.24, 2.45) is 10.8 Å². The van der Waals surface area contributed by atoms with Crippen LogP contribution in [0.5, 0.6) is 0 Å². The van der Waals surface area contributed by atoms with E-state index < -0.39 is 6.10 Å². The molecular weight excluding hydrogens is 793 g/mol. The predicted octanol–water partition coefficient (Wildman–Crippen LogP) is 3.17. The summed E-state index contributed by atoms with van der Waals surface area (Å²) in [6, 6.07) is 21.2. The SMILES string of the molecule is C#Cc1ccccn1.CC1(C)CCc2nc3cc(C(O)C#Cc4ccccn4)ccc3c(=O)n2C1.CC1(C)CCc2nc3cc(C=O)ccc3c(=O)n2C1.[Br-].[CH3-].[Mg+2].